The molecule has 108 valence electrons. The van der Waals surface area contributed by atoms with Crippen LogP contribution >= 0.6 is 22.6 Å². The SMILES string of the molecule is Cc1nn(Cc2ccc(F)c(C(F)(F)F)c2)c(N)c1I. The van der Waals surface area contributed by atoms with E-state index in [0.29, 0.717) is 11.5 Å². The third kappa shape index (κ3) is 2.89. The van der Waals surface area contributed by atoms with Gasteiger partial charge in [-0.15, -0.1) is 0 Å². The van der Waals surface area contributed by atoms with Gasteiger partial charge in [-0.25, -0.2) is 9.07 Å². The lowest BCUT2D eigenvalue weighted by atomic mass is 10.1. The Morgan fingerprint density at radius 3 is 2.50 bits per heavy atom. The summed E-state index contributed by atoms with van der Waals surface area (Å²) in [6, 6.07) is 2.86. The molecule has 2 N–H and O–H groups in total. The Morgan fingerprint density at radius 2 is 2.00 bits per heavy atom. The minimum atomic E-state index is -4.72. The number of hydrogen-bond donors (Lipinski definition) is 1. The van der Waals surface area contributed by atoms with Gasteiger partial charge in [0.2, 0.25) is 0 Å². The van der Waals surface area contributed by atoms with E-state index in [4.69, 9.17) is 5.73 Å². The molecule has 8 heteroatoms. The second kappa shape index (κ2) is 5.23. The van der Waals surface area contributed by atoms with Crippen molar-refractivity contribution in [3.05, 3.63) is 44.4 Å². The van der Waals surface area contributed by atoms with Crippen LogP contribution in [0.5, 0.6) is 0 Å². The molecule has 0 aliphatic heterocycles. The molecule has 1 aromatic heterocycles. The number of alkyl halides is 3. The zero-order valence-electron chi connectivity index (χ0n) is 10.3. The molecule has 3 nitrogen and oxygen atoms in total. The number of nitrogens with zero attached hydrogens (tertiary/aromatic N) is 2. The Morgan fingerprint density at radius 1 is 1.35 bits per heavy atom. The van der Waals surface area contributed by atoms with Gasteiger partial charge in [0.1, 0.15) is 11.6 Å². The van der Waals surface area contributed by atoms with Crippen molar-refractivity contribution in [1.29, 1.82) is 0 Å². The van der Waals surface area contributed by atoms with Gasteiger partial charge in [0.05, 0.1) is 21.4 Å². The number of nitrogen functional groups attached to an aromatic ring is 1. The fourth-order valence-electron chi connectivity index (χ4n) is 1.76. The minimum absolute atomic E-state index is 0.0546. The first kappa shape index (κ1) is 15.1. The summed E-state index contributed by atoms with van der Waals surface area (Å²) in [5, 5.41) is 4.13. The Labute approximate surface area is 125 Å². The van der Waals surface area contributed by atoms with Gasteiger partial charge >= 0.3 is 6.18 Å². The van der Waals surface area contributed by atoms with Crippen LogP contribution in [0.1, 0.15) is 16.8 Å². The van der Waals surface area contributed by atoms with E-state index in [1.807, 2.05) is 22.6 Å². The highest BCUT2D eigenvalue weighted by molar-refractivity contribution is 14.1. The Hall–Kier alpha value is -1.32. The van der Waals surface area contributed by atoms with E-state index in [-0.39, 0.29) is 12.1 Å². The topological polar surface area (TPSA) is 43.8 Å². The second-order valence-corrected chi connectivity index (χ2v) is 5.33. The van der Waals surface area contributed by atoms with Crippen molar-refractivity contribution in [2.45, 2.75) is 19.6 Å². The number of aryl methyl sites for hydroxylation is 1. The van der Waals surface area contributed by atoms with Crippen molar-refractivity contribution in [3.8, 4) is 0 Å². The Bertz CT molecular complexity index is 649. The zero-order valence-corrected chi connectivity index (χ0v) is 12.5. The van der Waals surface area contributed by atoms with Crippen molar-refractivity contribution in [2.24, 2.45) is 0 Å². The normalized spacial score (nSPS) is 11.9. The quantitative estimate of drug-likeness (QED) is 0.620. The summed E-state index contributed by atoms with van der Waals surface area (Å²) in [6.45, 7) is 1.81. The maximum absolute atomic E-state index is 13.2. The molecule has 0 radical (unpaired) electrons. The van der Waals surface area contributed by atoms with Gasteiger partial charge in [-0.2, -0.15) is 18.3 Å². The van der Waals surface area contributed by atoms with Gasteiger partial charge in [-0.1, -0.05) is 6.07 Å². The average Bonchev–Trinajstić information content (AvgIpc) is 2.58. The van der Waals surface area contributed by atoms with Crippen LogP contribution in [0.15, 0.2) is 18.2 Å². The lowest BCUT2D eigenvalue weighted by Crippen LogP contribution is -2.11. The second-order valence-electron chi connectivity index (χ2n) is 4.25. The third-order valence-corrected chi connectivity index (χ3v) is 4.09. The number of hydrogen-bond acceptors (Lipinski definition) is 2. The fourth-order valence-corrected chi connectivity index (χ4v) is 2.15. The number of nitrogens with two attached hydrogens (primary N) is 1. The molecule has 2 rings (SSSR count). The number of halogens is 5. The van der Waals surface area contributed by atoms with E-state index >= 15 is 0 Å². The molecular weight excluding hydrogens is 389 g/mol. The lowest BCUT2D eigenvalue weighted by Gasteiger charge is -2.10. The van der Waals surface area contributed by atoms with Gasteiger partial charge < -0.3 is 5.73 Å². The highest BCUT2D eigenvalue weighted by atomic mass is 127. The molecule has 0 unspecified atom stereocenters. The van der Waals surface area contributed by atoms with E-state index in [1.54, 1.807) is 6.92 Å². The number of aromatic nitrogens is 2. The van der Waals surface area contributed by atoms with Crippen molar-refractivity contribution >= 4 is 28.4 Å². The van der Waals surface area contributed by atoms with E-state index in [1.165, 1.54) is 10.7 Å². The molecular formula is C12H10F4IN3. The van der Waals surface area contributed by atoms with Gasteiger partial charge in [0, 0.05) is 0 Å². The maximum atomic E-state index is 13.2. The van der Waals surface area contributed by atoms with Crippen LogP contribution in [0.4, 0.5) is 23.4 Å². The summed E-state index contributed by atoms with van der Waals surface area (Å²) in [6.07, 6.45) is -4.72. The zero-order chi connectivity index (χ0) is 15.1. The largest absolute Gasteiger partial charge is 0.419 e. The smallest absolute Gasteiger partial charge is 0.383 e. The summed E-state index contributed by atoms with van der Waals surface area (Å²) >= 11 is 2.01. The first-order valence-corrected chi connectivity index (χ1v) is 6.62. The molecule has 0 aliphatic carbocycles. The maximum Gasteiger partial charge on any atom is 0.419 e. The first-order chi connectivity index (χ1) is 9.20. The minimum Gasteiger partial charge on any atom is -0.383 e. The summed E-state index contributed by atoms with van der Waals surface area (Å²) in [5.74, 6) is -0.915. The summed E-state index contributed by atoms with van der Waals surface area (Å²) < 4.78 is 53.2. The molecule has 2 aromatic rings. The van der Waals surface area contributed by atoms with Crippen molar-refractivity contribution < 1.29 is 17.6 Å². The standard InChI is InChI=1S/C12H10F4IN3/c1-6-10(17)11(18)20(19-6)5-7-2-3-9(13)8(4-7)12(14,15)16/h2-4H,5,18H2,1H3. The van der Waals surface area contributed by atoms with E-state index in [9.17, 15) is 17.6 Å². The Balaban J connectivity index is 2.37. The van der Waals surface area contributed by atoms with E-state index in [0.717, 1.165) is 15.7 Å². The van der Waals surface area contributed by atoms with Gasteiger partial charge in [0.15, 0.2) is 0 Å². The van der Waals surface area contributed by atoms with Crippen molar-refractivity contribution in [3.63, 3.8) is 0 Å². The van der Waals surface area contributed by atoms with Crippen molar-refractivity contribution in [2.75, 3.05) is 5.73 Å². The van der Waals surface area contributed by atoms with Crippen LogP contribution in [0.25, 0.3) is 0 Å². The highest BCUT2D eigenvalue weighted by Gasteiger charge is 2.34. The van der Waals surface area contributed by atoms with Crippen LogP contribution in [-0.4, -0.2) is 9.78 Å². The average molecular weight is 399 g/mol. The van der Waals surface area contributed by atoms with Crippen molar-refractivity contribution in [1.82, 2.24) is 9.78 Å². The molecule has 0 saturated carbocycles. The van der Waals surface area contributed by atoms with Gasteiger partial charge in [0.25, 0.3) is 0 Å². The van der Waals surface area contributed by atoms with Crippen LogP contribution in [-0.2, 0) is 12.7 Å². The van der Waals surface area contributed by atoms with Gasteiger partial charge in [-0.05, 0) is 47.2 Å². The van der Waals surface area contributed by atoms with Gasteiger partial charge in [-0.3, -0.25) is 0 Å². The molecule has 0 saturated heterocycles. The molecule has 1 aromatic carbocycles. The molecule has 0 spiro atoms. The van der Waals surface area contributed by atoms with Crippen LogP contribution in [0, 0.1) is 16.3 Å². The number of rotatable bonds is 2. The van der Waals surface area contributed by atoms with Crippen LogP contribution < -0.4 is 5.73 Å². The first-order valence-electron chi connectivity index (χ1n) is 5.54. The molecule has 1 heterocycles. The highest BCUT2D eigenvalue weighted by Crippen LogP contribution is 2.32. The number of benzene rings is 1. The predicted molar refractivity (Wildman–Crippen MR) is 74.6 cm³/mol. The number of anilines is 1. The molecule has 0 bridgehead atoms. The molecule has 20 heavy (non-hydrogen) atoms. The molecule has 0 aliphatic rings. The predicted octanol–water partition coefficient (Wildman–Crippen LogP) is 3.58. The van der Waals surface area contributed by atoms with E-state index in [2.05, 4.69) is 5.10 Å². The monoisotopic (exact) mass is 399 g/mol. The van der Waals surface area contributed by atoms with E-state index < -0.39 is 17.6 Å². The molecule has 0 atom stereocenters. The Kier molecular flexibility index (Phi) is 3.94. The molecule has 0 fully saturated rings. The summed E-state index contributed by atoms with van der Waals surface area (Å²) in [7, 11) is 0. The summed E-state index contributed by atoms with van der Waals surface area (Å²) in [4.78, 5) is 0. The molecule has 0 amide bonds. The fraction of sp³-hybridized carbons (Fsp3) is 0.250. The third-order valence-electron chi connectivity index (χ3n) is 2.76. The van der Waals surface area contributed by atoms with Crippen LogP contribution in [0.2, 0.25) is 0 Å². The van der Waals surface area contributed by atoms with Crippen LogP contribution in [0.3, 0.4) is 0 Å². The lowest BCUT2D eigenvalue weighted by molar-refractivity contribution is -0.140. The summed E-state index contributed by atoms with van der Waals surface area (Å²) in [5.41, 5.74) is 5.49.